The van der Waals surface area contributed by atoms with E-state index >= 15 is 0 Å². The molecule has 0 saturated carbocycles. The van der Waals surface area contributed by atoms with Gasteiger partial charge in [-0.2, -0.15) is 0 Å². The highest BCUT2D eigenvalue weighted by molar-refractivity contribution is 9.10. The van der Waals surface area contributed by atoms with Gasteiger partial charge in [-0.05, 0) is 36.0 Å². The van der Waals surface area contributed by atoms with Crippen molar-refractivity contribution in [3.05, 3.63) is 33.8 Å². The first-order chi connectivity index (χ1) is 7.58. The number of rotatable bonds is 5. The van der Waals surface area contributed by atoms with Crippen molar-refractivity contribution in [2.75, 3.05) is 0 Å². The molecule has 16 heavy (non-hydrogen) atoms. The lowest BCUT2D eigenvalue weighted by atomic mass is 9.92. The zero-order chi connectivity index (χ0) is 12.1. The Morgan fingerprint density at radius 2 is 2.12 bits per heavy atom. The molecule has 0 radical (unpaired) electrons. The van der Waals surface area contributed by atoms with E-state index in [1.807, 2.05) is 13.0 Å². The summed E-state index contributed by atoms with van der Waals surface area (Å²) < 4.78 is 1.08. The molecule has 0 aliphatic heterocycles. The van der Waals surface area contributed by atoms with E-state index in [9.17, 15) is 4.79 Å². The van der Waals surface area contributed by atoms with Gasteiger partial charge in [0.15, 0.2) is 0 Å². The minimum atomic E-state index is -0.734. The fourth-order valence-electron chi connectivity index (χ4n) is 1.81. The first kappa shape index (κ1) is 13.2. The standard InChI is InChI=1S/C13H17BrO2/c1-3-9-5-6-11(7-12(9)14)10(4-2)8-13(15)16/h5-7,10H,3-4,8H2,1-2H3,(H,15,16). The summed E-state index contributed by atoms with van der Waals surface area (Å²) in [7, 11) is 0. The number of halogens is 1. The van der Waals surface area contributed by atoms with Gasteiger partial charge in [-0.3, -0.25) is 4.79 Å². The van der Waals surface area contributed by atoms with Gasteiger partial charge in [0, 0.05) is 4.47 Å². The molecule has 0 amide bonds. The predicted octanol–water partition coefficient (Wildman–Crippen LogP) is 3.98. The third-order valence-electron chi connectivity index (χ3n) is 2.84. The van der Waals surface area contributed by atoms with Crippen molar-refractivity contribution in [1.29, 1.82) is 0 Å². The highest BCUT2D eigenvalue weighted by Crippen LogP contribution is 2.28. The molecule has 0 heterocycles. The lowest BCUT2D eigenvalue weighted by Crippen LogP contribution is -2.05. The Hall–Kier alpha value is -0.830. The number of carbonyl (C=O) groups is 1. The van der Waals surface area contributed by atoms with Gasteiger partial charge in [-0.1, -0.05) is 41.9 Å². The second-order valence-corrected chi connectivity index (χ2v) is 4.76. The highest BCUT2D eigenvalue weighted by Gasteiger charge is 2.14. The lowest BCUT2D eigenvalue weighted by Gasteiger charge is -2.14. The summed E-state index contributed by atoms with van der Waals surface area (Å²) in [5.74, 6) is -0.623. The molecule has 1 aromatic carbocycles. The van der Waals surface area contributed by atoms with Crippen LogP contribution in [0.4, 0.5) is 0 Å². The molecule has 0 aliphatic rings. The molecule has 0 saturated heterocycles. The number of aliphatic carboxylic acids is 1. The summed E-state index contributed by atoms with van der Waals surface area (Å²) in [5.41, 5.74) is 2.36. The summed E-state index contributed by atoms with van der Waals surface area (Å²) in [4.78, 5) is 10.7. The van der Waals surface area contributed by atoms with E-state index in [-0.39, 0.29) is 12.3 Å². The van der Waals surface area contributed by atoms with Crippen LogP contribution in [0.15, 0.2) is 22.7 Å². The van der Waals surface area contributed by atoms with Crippen LogP contribution < -0.4 is 0 Å². The Morgan fingerprint density at radius 1 is 1.44 bits per heavy atom. The van der Waals surface area contributed by atoms with Crippen LogP contribution in [0.5, 0.6) is 0 Å². The monoisotopic (exact) mass is 284 g/mol. The quantitative estimate of drug-likeness (QED) is 0.888. The van der Waals surface area contributed by atoms with Crippen molar-refractivity contribution in [3.63, 3.8) is 0 Å². The molecule has 0 aliphatic carbocycles. The third kappa shape index (κ3) is 3.34. The normalized spacial score (nSPS) is 12.4. The van der Waals surface area contributed by atoms with E-state index in [4.69, 9.17) is 5.11 Å². The molecule has 1 unspecified atom stereocenters. The molecule has 1 atom stereocenters. The molecule has 0 spiro atoms. The number of hydrogen-bond donors (Lipinski definition) is 1. The Kier molecular flexibility index (Phi) is 5.00. The Bertz CT molecular complexity index is 374. The minimum Gasteiger partial charge on any atom is -0.481 e. The summed E-state index contributed by atoms with van der Waals surface area (Å²) in [6, 6.07) is 6.17. The number of carboxylic acids is 1. The van der Waals surface area contributed by atoms with Gasteiger partial charge in [0.1, 0.15) is 0 Å². The summed E-state index contributed by atoms with van der Waals surface area (Å²) in [5, 5.41) is 8.83. The minimum absolute atomic E-state index is 0.111. The van der Waals surface area contributed by atoms with Gasteiger partial charge in [0.05, 0.1) is 6.42 Å². The van der Waals surface area contributed by atoms with Crippen LogP contribution in [0, 0.1) is 0 Å². The van der Waals surface area contributed by atoms with E-state index in [0.29, 0.717) is 0 Å². The molecule has 0 fully saturated rings. The van der Waals surface area contributed by atoms with Crippen molar-refractivity contribution in [2.24, 2.45) is 0 Å². The van der Waals surface area contributed by atoms with Crippen LogP contribution >= 0.6 is 15.9 Å². The Labute approximate surface area is 105 Å². The van der Waals surface area contributed by atoms with Gasteiger partial charge in [0.25, 0.3) is 0 Å². The van der Waals surface area contributed by atoms with Crippen LogP contribution in [0.3, 0.4) is 0 Å². The van der Waals surface area contributed by atoms with Gasteiger partial charge >= 0.3 is 5.97 Å². The average molecular weight is 285 g/mol. The maximum Gasteiger partial charge on any atom is 0.303 e. The van der Waals surface area contributed by atoms with Crippen LogP contribution in [0.2, 0.25) is 0 Å². The molecule has 3 heteroatoms. The van der Waals surface area contributed by atoms with E-state index in [1.54, 1.807) is 0 Å². The van der Waals surface area contributed by atoms with Crippen LogP contribution in [-0.4, -0.2) is 11.1 Å². The smallest absolute Gasteiger partial charge is 0.303 e. The molecule has 88 valence electrons. The topological polar surface area (TPSA) is 37.3 Å². The number of benzene rings is 1. The van der Waals surface area contributed by atoms with E-state index in [1.165, 1.54) is 5.56 Å². The van der Waals surface area contributed by atoms with Crippen molar-refractivity contribution < 1.29 is 9.90 Å². The zero-order valence-corrected chi connectivity index (χ0v) is 11.3. The van der Waals surface area contributed by atoms with Gasteiger partial charge in [-0.15, -0.1) is 0 Å². The molecule has 0 bridgehead atoms. The van der Waals surface area contributed by atoms with E-state index < -0.39 is 5.97 Å². The van der Waals surface area contributed by atoms with Crippen molar-refractivity contribution in [3.8, 4) is 0 Å². The summed E-state index contributed by atoms with van der Waals surface area (Å²) in [6.07, 6.45) is 2.04. The maximum absolute atomic E-state index is 10.7. The molecular formula is C13H17BrO2. The first-order valence-electron chi connectivity index (χ1n) is 5.58. The fourth-order valence-corrected chi connectivity index (χ4v) is 2.49. The summed E-state index contributed by atoms with van der Waals surface area (Å²) in [6.45, 7) is 4.13. The van der Waals surface area contributed by atoms with Gasteiger partial charge in [0.2, 0.25) is 0 Å². The molecule has 1 aromatic rings. The predicted molar refractivity (Wildman–Crippen MR) is 68.8 cm³/mol. The average Bonchev–Trinajstić information content (AvgIpc) is 2.25. The molecule has 1 N–H and O–H groups in total. The second-order valence-electron chi connectivity index (χ2n) is 3.91. The molecule has 1 rings (SSSR count). The maximum atomic E-state index is 10.7. The number of hydrogen-bond acceptors (Lipinski definition) is 1. The second kappa shape index (κ2) is 6.04. The largest absolute Gasteiger partial charge is 0.481 e. The molecule has 2 nitrogen and oxygen atoms in total. The SMILES string of the molecule is CCc1ccc(C(CC)CC(=O)O)cc1Br. The first-order valence-corrected chi connectivity index (χ1v) is 6.37. The fraction of sp³-hybridized carbons (Fsp3) is 0.462. The van der Waals surface area contributed by atoms with Crippen LogP contribution in [0.1, 0.15) is 43.7 Å². The van der Waals surface area contributed by atoms with Crippen LogP contribution in [-0.2, 0) is 11.2 Å². The molecule has 0 aromatic heterocycles. The van der Waals surface area contributed by atoms with E-state index in [2.05, 4.69) is 35.0 Å². The third-order valence-corrected chi connectivity index (χ3v) is 3.58. The Balaban J connectivity index is 2.93. The zero-order valence-electron chi connectivity index (χ0n) is 9.66. The Morgan fingerprint density at radius 3 is 2.56 bits per heavy atom. The number of aryl methyl sites for hydroxylation is 1. The molecular weight excluding hydrogens is 268 g/mol. The highest BCUT2D eigenvalue weighted by atomic mass is 79.9. The van der Waals surface area contributed by atoms with Crippen molar-refractivity contribution >= 4 is 21.9 Å². The number of carboxylic acid groups (broad SMARTS) is 1. The van der Waals surface area contributed by atoms with Crippen LogP contribution in [0.25, 0.3) is 0 Å². The van der Waals surface area contributed by atoms with E-state index in [0.717, 1.165) is 22.9 Å². The van der Waals surface area contributed by atoms with Crippen molar-refractivity contribution in [2.45, 2.75) is 39.0 Å². The van der Waals surface area contributed by atoms with Crippen molar-refractivity contribution in [1.82, 2.24) is 0 Å². The summed E-state index contributed by atoms with van der Waals surface area (Å²) >= 11 is 3.52. The van der Waals surface area contributed by atoms with Gasteiger partial charge in [-0.25, -0.2) is 0 Å². The lowest BCUT2D eigenvalue weighted by molar-refractivity contribution is -0.137. The van der Waals surface area contributed by atoms with Gasteiger partial charge < -0.3 is 5.11 Å².